The summed E-state index contributed by atoms with van der Waals surface area (Å²) < 4.78 is 11.1. The highest BCUT2D eigenvalue weighted by molar-refractivity contribution is 5.94. The van der Waals surface area contributed by atoms with Crippen LogP contribution in [-0.2, 0) is 11.8 Å². The van der Waals surface area contributed by atoms with Crippen molar-refractivity contribution in [3.8, 4) is 5.75 Å². The molecule has 1 heterocycles. The average molecular weight is 330 g/mol. The molecule has 0 unspecified atom stereocenters. The lowest BCUT2D eigenvalue weighted by molar-refractivity contribution is 0.0583. The number of carbonyl (C=O) groups excluding carboxylic acids is 2. The van der Waals surface area contributed by atoms with Crippen molar-refractivity contribution in [3.05, 3.63) is 57.8 Å². The molecule has 0 atom stereocenters. The van der Waals surface area contributed by atoms with Crippen molar-refractivity contribution in [1.82, 2.24) is 9.55 Å². The van der Waals surface area contributed by atoms with Gasteiger partial charge >= 0.3 is 11.9 Å². The Hall–Kier alpha value is -2.96. The lowest BCUT2D eigenvalue weighted by atomic mass is 10.2. The summed E-state index contributed by atoms with van der Waals surface area (Å²) in [6, 6.07) is 8.15. The van der Waals surface area contributed by atoms with Crippen LogP contribution in [0, 0.1) is 0 Å². The Labute approximate surface area is 138 Å². The molecule has 24 heavy (non-hydrogen) atoms. The summed E-state index contributed by atoms with van der Waals surface area (Å²) in [5, 5.41) is 0. The summed E-state index contributed by atoms with van der Waals surface area (Å²) >= 11 is 0. The molecular weight excluding hydrogens is 312 g/mol. The van der Waals surface area contributed by atoms with Crippen molar-refractivity contribution in [2.24, 2.45) is 7.05 Å². The molecule has 0 saturated carbocycles. The lowest BCUT2D eigenvalue weighted by Gasteiger charge is -2.15. The second-order valence-corrected chi connectivity index (χ2v) is 5.41. The van der Waals surface area contributed by atoms with Crippen LogP contribution < -0.4 is 10.3 Å². The van der Waals surface area contributed by atoms with Gasteiger partial charge in [-0.15, -0.1) is 0 Å². The van der Waals surface area contributed by atoms with Gasteiger partial charge in [-0.2, -0.15) is 0 Å². The molecular formula is C17H18N2O5. The van der Waals surface area contributed by atoms with Crippen molar-refractivity contribution in [1.29, 1.82) is 0 Å². The third-order valence-corrected chi connectivity index (χ3v) is 3.38. The fourth-order valence-electron chi connectivity index (χ4n) is 2.17. The smallest absolute Gasteiger partial charge is 0.360 e. The summed E-state index contributed by atoms with van der Waals surface area (Å²) in [6.07, 6.45) is 0. The van der Waals surface area contributed by atoms with Crippen molar-refractivity contribution in [2.75, 3.05) is 7.11 Å². The zero-order chi connectivity index (χ0) is 17.9. The molecule has 7 nitrogen and oxygen atoms in total. The monoisotopic (exact) mass is 330 g/mol. The van der Waals surface area contributed by atoms with Crippen molar-refractivity contribution in [3.63, 3.8) is 0 Å². The van der Waals surface area contributed by atoms with Gasteiger partial charge in [0, 0.05) is 13.0 Å². The molecule has 0 N–H and O–H groups in total. The molecule has 2 aromatic rings. The molecule has 0 spiro atoms. The van der Waals surface area contributed by atoms with Crippen LogP contribution in [0.2, 0.25) is 0 Å². The van der Waals surface area contributed by atoms with Crippen LogP contribution in [0.25, 0.3) is 0 Å². The van der Waals surface area contributed by atoms with Crippen molar-refractivity contribution >= 4 is 11.9 Å². The molecule has 7 heteroatoms. The quantitative estimate of drug-likeness (QED) is 0.796. The van der Waals surface area contributed by atoms with E-state index < -0.39 is 23.2 Å². The van der Waals surface area contributed by atoms with Crippen LogP contribution in [0.1, 0.15) is 46.4 Å². The Kier molecular flexibility index (Phi) is 5.13. The predicted molar refractivity (Wildman–Crippen MR) is 86.3 cm³/mol. The van der Waals surface area contributed by atoms with E-state index in [1.165, 1.54) is 18.7 Å². The van der Waals surface area contributed by atoms with Crippen LogP contribution in [0.5, 0.6) is 5.75 Å². The molecule has 0 radical (unpaired) electrons. The number of esters is 2. The van der Waals surface area contributed by atoms with Gasteiger partial charge in [0.05, 0.1) is 12.7 Å². The van der Waals surface area contributed by atoms with Crippen molar-refractivity contribution < 1.29 is 19.1 Å². The number of hydrogen-bond donors (Lipinski definition) is 0. The number of benzene rings is 1. The molecule has 0 saturated heterocycles. The highest BCUT2D eigenvalue weighted by Gasteiger charge is 2.26. The van der Waals surface area contributed by atoms with Gasteiger partial charge in [-0.1, -0.05) is 32.0 Å². The maximum Gasteiger partial charge on any atom is 0.360 e. The van der Waals surface area contributed by atoms with Crippen LogP contribution in [0.3, 0.4) is 0 Å². The molecule has 0 bridgehead atoms. The fourth-order valence-corrected chi connectivity index (χ4v) is 2.17. The summed E-state index contributed by atoms with van der Waals surface area (Å²) in [5.74, 6) is -1.75. The van der Waals surface area contributed by atoms with Gasteiger partial charge in [0.1, 0.15) is 5.82 Å². The van der Waals surface area contributed by atoms with Gasteiger partial charge in [0.25, 0.3) is 5.56 Å². The molecule has 1 aromatic heterocycles. The minimum Gasteiger partial charge on any atom is -0.464 e. The van der Waals surface area contributed by atoms with Crippen molar-refractivity contribution in [2.45, 2.75) is 19.8 Å². The van der Waals surface area contributed by atoms with E-state index in [0.29, 0.717) is 5.82 Å². The Balaban J connectivity index is 2.56. The normalized spacial score (nSPS) is 10.5. The van der Waals surface area contributed by atoms with Gasteiger partial charge < -0.3 is 9.47 Å². The first kappa shape index (κ1) is 17.4. The molecule has 0 aliphatic heterocycles. The van der Waals surface area contributed by atoms with E-state index in [2.05, 4.69) is 9.72 Å². The van der Waals surface area contributed by atoms with E-state index in [1.54, 1.807) is 30.3 Å². The van der Waals surface area contributed by atoms with Crippen LogP contribution in [-0.4, -0.2) is 28.6 Å². The maximum absolute atomic E-state index is 12.5. The molecule has 2 rings (SSSR count). The third-order valence-electron chi connectivity index (χ3n) is 3.38. The second kappa shape index (κ2) is 7.08. The van der Waals surface area contributed by atoms with E-state index in [1.807, 2.05) is 13.8 Å². The average Bonchev–Trinajstić information content (AvgIpc) is 2.58. The van der Waals surface area contributed by atoms with E-state index in [9.17, 15) is 14.4 Å². The van der Waals surface area contributed by atoms with Gasteiger partial charge in [-0.3, -0.25) is 9.36 Å². The number of aromatic nitrogens is 2. The van der Waals surface area contributed by atoms with Gasteiger partial charge in [0.15, 0.2) is 5.69 Å². The van der Waals surface area contributed by atoms with E-state index in [-0.39, 0.29) is 17.2 Å². The van der Waals surface area contributed by atoms with Crippen LogP contribution in [0.4, 0.5) is 0 Å². The summed E-state index contributed by atoms with van der Waals surface area (Å²) in [6.45, 7) is 3.66. The number of nitrogens with zero attached hydrogens (tertiary/aromatic N) is 2. The zero-order valence-electron chi connectivity index (χ0n) is 13.9. The SMILES string of the molecule is COC(=O)c1nc(C(C)C)n(C)c(=O)c1OC(=O)c1ccccc1. The molecule has 0 aliphatic rings. The minimum absolute atomic E-state index is 0.106. The van der Waals surface area contributed by atoms with Crippen LogP contribution in [0.15, 0.2) is 35.1 Å². The highest BCUT2D eigenvalue weighted by atomic mass is 16.5. The first-order valence-corrected chi connectivity index (χ1v) is 7.33. The van der Waals surface area contributed by atoms with Crippen LogP contribution >= 0.6 is 0 Å². The number of hydrogen-bond acceptors (Lipinski definition) is 6. The Bertz CT molecular complexity index is 825. The molecule has 0 aliphatic carbocycles. The maximum atomic E-state index is 12.5. The Morgan fingerprint density at radius 1 is 1.12 bits per heavy atom. The molecule has 0 amide bonds. The lowest BCUT2D eigenvalue weighted by Crippen LogP contribution is -2.29. The number of rotatable bonds is 4. The van der Waals surface area contributed by atoms with Gasteiger partial charge in [0.2, 0.25) is 5.75 Å². The first-order chi connectivity index (χ1) is 11.4. The van der Waals surface area contributed by atoms with Gasteiger partial charge in [-0.05, 0) is 12.1 Å². The zero-order valence-corrected chi connectivity index (χ0v) is 13.9. The Morgan fingerprint density at radius 2 is 1.75 bits per heavy atom. The standard InChI is InChI=1S/C17H18N2O5/c1-10(2)14-18-12(17(22)23-4)13(15(20)19(14)3)24-16(21)11-8-6-5-7-9-11/h5-10H,1-4H3. The number of methoxy groups -OCH3 is 1. The topological polar surface area (TPSA) is 87.5 Å². The molecule has 1 aromatic carbocycles. The predicted octanol–water partition coefficient (Wildman–Crippen LogP) is 1.91. The van der Waals surface area contributed by atoms with E-state index >= 15 is 0 Å². The largest absolute Gasteiger partial charge is 0.464 e. The summed E-state index contributed by atoms with van der Waals surface area (Å²) in [5.41, 5.74) is -0.685. The highest BCUT2D eigenvalue weighted by Crippen LogP contribution is 2.18. The third kappa shape index (κ3) is 3.34. The van der Waals surface area contributed by atoms with E-state index in [0.717, 1.165) is 0 Å². The minimum atomic E-state index is -0.842. The number of carbonyl (C=O) groups is 2. The Morgan fingerprint density at radius 3 is 2.29 bits per heavy atom. The fraction of sp³-hybridized carbons (Fsp3) is 0.294. The summed E-state index contributed by atoms with van der Waals surface area (Å²) in [4.78, 5) is 40.9. The molecule has 126 valence electrons. The molecule has 0 fully saturated rings. The van der Waals surface area contributed by atoms with Gasteiger partial charge in [-0.25, -0.2) is 14.6 Å². The summed E-state index contributed by atoms with van der Waals surface area (Å²) in [7, 11) is 2.67. The first-order valence-electron chi connectivity index (χ1n) is 7.33. The second-order valence-electron chi connectivity index (χ2n) is 5.41. The van der Waals surface area contributed by atoms with E-state index in [4.69, 9.17) is 4.74 Å². The number of ether oxygens (including phenoxy) is 2.